The summed E-state index contributed by atoms with van der Waals surface area (Å²) < 4.78 is 24.6. The SMILES string of the molecule is O=C1C[C@@H]2[C@@H](COCc3ccccc3)[C@@H](F)[C@H](O)[C@@H]2O1. The zero-order chi connectivity index (χ0) is 14.1. The molecule has 0 spiro atoms. The molecule has 0 amide bonds. The van der Waals surface area contributed by atoms with Crippen molar-refractivity contribution in [1.82, 2.24) is 0 Å². The van der Waals surface area contributed by atoms with Gasteiger partial charge in [-0.15, -0.1) is 0 Å². The smallest absolute Gasteiger partial charge is 0.306 e. The second-order valence-corrected chi connectivity index (χ2v) is 5.42. The lowest BCUT2D eigenvalue weighted by Crippen LogP contribution is -2.30. The van der Waals surface area contributed by atoms with Crippen molar-refractivity contribution in [2.45, 2.75) is 31.4 Å². The van der Waals surface area contributed by atoms with Crippen molar-refractivity contribution < 1.29 is 23.8 Å². The topological polar surface area (TPSA) is 55.8 Å². The van der Waals surface area contributed by atoms with Crippen LogP contribution in [-0.2, 0) is 20.9 Å². The Morgan fingerprint density at radius 3 is 2.85 bits per heavy atom. The summed E-state index contributed by atoms with van der Waals surface area (Å²) in [5, 5.41) is 9.76. The lowest BCUT2D eigenvalue weighted by molar-refractivity contribution is -0.146. The summed E-state index contributed by atoms with van der Waals surface area (Å²) >= 11 is 0. The molecule has 1 N–H and O–H groups in total. The van der Waals surface area contributed by atoms with Crippen molar-refractivity contribution in [3.8, 4) is 0 Å². The van der Waals surface area contributed by atoms with Gasteiger partial charge in [-0.05, 0) is 5.56 Å². The maximum atomic E-state index is 14.0. The molecule has 0 bridgehead atoms. The summed E-state index contributed by atoms with van der Waals surface area (Å²) in [6, 6.07) is 9.61. The molecule has 20 heavy (non-hydrogen) atoms. The Kier molecular flexibility index (Phi) is 3.72. The normalized spacial score (nSPS) is 35.9. The van der Waals surface area contributed by atoms with E-state index < -0.39 is 24.3 Å². The molecule has 0 aromatic heterocycles. The van der Waals surface area contributed by atoms with Gasteiger partial charge in [0.25, 0.3) is 0 Å². The fraction of sp³-hybridized carbons (Fsp3) is 0.533. The maximum Gasteiger partial charge on any atom is 0.306 e. The molecule has 3 rings (SSSR count). The Balaban J connectivity index is 1.58. The third-order valence-electron chi connectivity index (χ3n) is 4.14. The van der Waals surface area contributed by atoms with Crippen LogP contribution < -0.4 is 0 Å². The zero-order valence-electron chi connectivity index (χ0n) is 10.9. The van der Waals surface area contributed by atoms with Gasteiger partial charge >= 0.3 is 5.97 Å². The number of esters is 1. The minimum absolute atomic E-state index is 0.168. The van der Waals surface area contributed by atoms with E-state index >= 15 is 0 Å². The van der Waals surface area contributed by atoms with Crippen LogP contribution in [0.25, 0.3) is 0 Å². The quantitative estimate of drug-likeness (QED) is 0.848. The van der Waals surface area contributed by atoms with Crippen molar-refractivity contribution >= 4 is 5.97 Å². The first kappa shape index (κ1) is 13.5. The van der Waals surface area contributed by atoms with Crippen LogP contribution in [0.2, 0.25) is 0 Å². The Bertz CT molecular complexity index is 478. The lowest BCUT2D eigenvalue weighted by Gasteiger charge is -2.17. The summed E-state index contributed by atoms with van der Waals surface area (Å²) in [6.07, 6.45) is -3.16. The maximum absolute atomic E-state index is 14.0. The standard InChI is InChI=1S/C15H17FO4/c16-13-11(8-19-7-9-4-2-1-3-5-9)10-6-12(17)20-15(10)14(13)18/h1-5,10-11,13-15,18H,6-8H2/t10-,11-,13-,14+,15-/m1/s1. The Morgan fingerprint density at radius 1 is 1.35 bits per heavy atom. The van der Waals surface area contributed by atoms with Crippen LogP contribution in [-0.4, -0.2) is 36.1 Å². The monoisotopic (exact) mass is 280 g/mol. The fourth-order valence-electron chi connectivity index (χ4n) is 3.09. The van der Waals surface area contributed by atoms with Crippen LogP contribution in [0.4, 0.5) is 4.39 Å². The molecule has 2 aliphatic rings. The molecule has 1 heterocycles. The summed E-state index contributed by atoms with van der Waals surface area (Å²) in [5.74, 6) is -1.12. The van der Waals surface area contributed by atoms with E-state index in [1.807, 2.05) is 30.3 Å². The number of benzene rings is 1. The number of halogens is 1. The van der Waals surface area contributed by atoms with Gasteiger partial charge in [0, 0.05) is 11.8 Å². The third-order valence-corrected chi connectivity index (χ3v) is 4.14. The Hall–Kier alpha value is -1.46. The van der Waals surface area contributed by atoms with Crippen molar-refractivity contribution in [3.63, 3.8) is 0 Å². The van der Waals surface area contributed by atoms with Gasteiger partial charge in [-0.2, -0.15) is 0 Å². The van der Waals surface area contributed by atoms with Gasteiger partial charge in [0.05, 0.1) is 19.6 Å². The zero-order valence-corrected chi connectivity index (χ0v) is 10.9. The number of alkyl halides is 1. The van der Waals surface area contributed by atoms with E-state index in [9.17, 15) is 14.3 Å². The molecule has 0 radical (unpaired) electrons. The molecule has 5 atom stereocenters. The second kappa shape index (κ2) is 5.50. The highest BCUT2D eigenvalue weighted by molar-refractivity contribution is 5.72. The molecule has 4 nitrogen and oxygen atoms in total. The molecular formula is C15H17FO4. The number of carbonyl (C=O) groups excluding carboxylic acids is 1. The lowest BCUT2D eigenvalue weighted by atomic mass is 9.93. The third kappa shape index (κ3) is 2.43. The molecule has 108 valence electrons. The number of aliphatic hydroxyl groups excluding tert-OH is 1. The predicted molar refractivity (Wildman–Crippen MR) is 68.5 cm³/mol. The van der Waals surface area contributed by atoms with Gasteiger partial charge in [-0.3, -0.25) is 4.79 Å². The van der Waals surface area contributed by atoms with Gasteiger partial charge in [-0.25, -0.2) is 4.39 Å². The van der Waals surface area contributed by atoms with Crippen LogP contribution >= 0.6 is 0 Å². The molecule has 0 unspecified atom stereocenters. The van der Waals surface area contributed by atoms with E-state index in [2.05, 4.69) is 0 Å². The minimum Gasteiger partial charge on any atom is -0.459 e. The van der Waals surface area contributed by atoms with Gasteiger partial charge in [-0.1, -0.05) is 30.3 Å². The van der Waals surface area contributed by atoms with Gasteiger partial charge in [0.2, 0.25) is 0 Å². The van der Waals surface area contributed by atoms with E-state index in [1.165, 1.54) is 0 Å². The number of aliphatic hydroxyl groups is 1. The molecule has 1 saturated heterocycles. The van der Waals surface area contributed by atoms with E-state index in [-0.39, 0.29) is 24.9 Å². The van der Waals surface area contributed by atoms with Crippen molar-refractivity contribution in [3.05, 3.63) is 35.9 Å². The van der Waals surface area contributed by atoms with Crippen molar-refractivity contribution in [2.75, 3.05) is 6.61 Å². The minimum atomic E-state index is -1.39. The summed E-state index contributed by atoms with van der Waals surface area (Å²) in [4.78, 5) is 11.3. The Labute approximate surface area is 116 Å². The number of hydrogen-bond donors (Lipinski definition) is 1. The van der Waals surface area contributed by atoms with Gasteiger partial charge < -0.3 is 14.6 Å². The van der Waals surface area contributed by atoms with Crippen LogP contribution in [0, 0.1) is 11.8 Å². The van der Waals surface area contributed by atoms with E-state index in [4.69, 9.17) is 9.47 Å². The van der Waals surface area contributed by atoms with Crippen molar-refractivity contribution in [1.29, 1.82) is 0 Å². The van der Waals surface area contributed by atoms with E-state index in [0.717, 1.165) is 5.56 Å². The molecule has 1 aliphatic heterocycles. The molecule has 1 saturated carbocycles. The van der Waals surface area contributed by atoms with E-state index in [1.54, 1.807) is 0 Å². The molecular weight excluding hydrogens is 263 g/mol. The first-order chi connectivity index (χ1) is 9.66. The largest absolute Gasteiger partial charge is 0.459 e. The second-order valence-electron chi connectivity index (χ2n) is 5.42. The number of fused-ring (bicyclic) bond motifs is 1. The van der Waals surface area contributed by atoms with Crippen LogP contribution in [0.15, 0.2) is 30.3 Å². The Morgan fingerprint density at radius 2 is 2.10 bits per heavy atom. The number of carbonyl (C=O) groups is 1. The van der Waals surface area contributed by atoms with Crippen LogP contribution in [0.5, 0.6) is 0 Å². The highest BCUT2D eigenvalue weighted by Crippen LogP contribution is 2.43. The van der Waals surface area contributed by atoms with Crippen LogP contribution in [0.1, 0.15) is 12.0 Å². The average Bonchev–Trinajstić information content (AvgIpc) is 2.93. The predicted octanol–water partition coefficient (Wildman–Crippen LogP) is 1.46. The molecule has 1 aliphatic carbocycles. The van der Waals surface area contributed by atoms with Gasteiger partial charge in [0.15, 0.2) is 0 Å². The number of hydrogen-bond acceptors (Lipinski definition) is 4. The summed E-state index contributed by atoms with van der Waals surface area (Å²) in [6.45, 7) is 0.581. The molecule has 1 aromatic carbocycles. The number of ether oxygens (including phenoxy) is 2. The summed E-state index contributed by atoms with van der Waals surface area (Å²) in [5.41, 5.74) is 1.01. The highest BCUT2D eigenvalue weighted by Gasteiger charge is 2.56. The summed E-state index contributed by atoms with van der Waals surface area (Å²) in [7, 11) is 0. The average molecular weight is 280 g/mol. The van der Waals surface area contributed by atoms with E-state index in [0.29, 0.717) is 6.61 Å². The number of rotatable bonds is 4. The van der Waals surface area contributed by atoms with Crippen molar-refractivity contribution in [2.24, 2.45) is 11.8 Å². The molecule has 5 heteroatoms. The first-order valence-electron chi connectivity index (χ1n) is 6.80. The first-order valence-corrected chi connectivity index (χ1v) is 6.80. The molecule has 2 fully saturated rings. The van der Waals surface area contributed by atoms with Crippen LogP contribution in [0.3, 0.4) is 0 Å². The fourth-order valence-corrected chi connectivity index (χ4v) is 3.09. The van der Waals surface area contributed by atoms with Gasteiger partial charge in [0.1, 0.15) is 18.4 Å². The molecule has 1 aromatic rings. The highest BCUT2D eigenvalue weighted by atomic mass is 19.1.